The number of amides is 1. The number of ketones is 1. The fraction of sp³-hybridized carbons (Fsp3) is 0.333. The highest BCUT2D eigenvalue weighted by molar-refractivity contribution is 5.99. The number of hydrogen-bond acceptors (Lipinski definition) is 6. The van der Waals surface area contributed by atoms with Crippen LogP contribution in [0.2, 0.25) is 0 Å². The molecule has 3 aromatic carbocycles. The quantitative estimate of drug-likeness (QED) is 0.300. The molecule has 3 rings (SSSR count). The van der Waals surface area contributed by atoms with E-state index in [1.165, 1.54) is 4.90 Å². The topological polar surface area (TPSA) is 74.3 Å². The molecule has 0 heterocycles. The first-order valence-corrected chi connectivity index (χ1v) is 12.2. The number of benzene rings is 3. The highest BCUT2D eigenvalue weighted by atomic mass is 16.6. The predicted molar refractivity (Wildman–Crippen MR) is 143 cm³/mol. The Hall–Kier alpha value is -4.00. The lowest BCUT2D eigenvalue weighted by atomic mass is 10.1. The monoisotopic (exact) mass is 505 g/mol. The third-order valence-corrected chi connectivity index (χ3v) is 5.53. The van der Waals surface area contributed by atoms with E-state index in [2.05, 4.69) is 0 Å². The van der Waals surface area contributed by atoms with E-state index in [0.29, 0.717) is 42.4 Å². The number of nitrogens with zero attached hydrogens (tertiary/aromatic N) is 1. The van der Waals surface area contributed by atoms with Gasteiger partial charge in [-0.3, -0.25) is 4.79 Å². The summed E-state index contributed by atoms with van der Waals surface area (Å²) in [6, 6.07) is 22.4. The standard InChI is InChI=1S/C30H35NO6/c1-30(2,3)37-29(33)31(18-17-22-11-16-27(34-4)28(19-22)35-5)20-26(32)24-12-14-25(15-13-24)36-21-23-9-7-6-8-10-23/h6-16,19H,17-18,20-21H2,1-5H3. The van der Waals surface area contributed by atoms with Gasteiger partial charge in [0, 0.05) is 12.1 Å². The minimum Gasteiger partial charge on any atom is -0.493 e. The summed E-state index contributed by atoms with van der Waals surface area (Å²) in [6.45, 7) is 6.03. The van der Waals surface area contributed by atoms with Gasteiger partial charge in [0.1, 0.15) is 18.0 Å². The van der Waals surface area contributed by atoms with Gasteiger partial charge in [-0.1, -0.05) is 36.4 Å². The van der Waals surface area contributed by atoms with Crippen LogP contribution in [0.1, 0.15) is 42.3 Å². The number of carbonyl (C=O) groups is 2. The zero-order valence-electron chi connectivity index (χ0n) is 22.2. The van der Waals surface area contributed by atoms with Crippen molar-refractivity contribution < 1.29 is 28.5 Å². The Morgan fingerprint density at radius 2 is 1.49 bits per heavy atom. The second kappa shape index (κ2) is 12.8. The van der Waals surface area contributed by atoms with Gasteiger partial charge < -0.3 is 23.8 Å². The van der Waals surface area contributed by atoms with Crippen molar-refractivity contribution in [1.82, 2.24) is 4.90 Å². The molecule has 0 saturated carbocycles. The van der Waals surface area contributed by atoms with E-state index >= 15 is 0 Å². The summed E-state index contributed by atoms with van der Waals surface area (Å²) in [5.74, 6) is 1.71. The molecule has 37 heavy (non-hydrogen) atoms. The molecule has 0 N–H and O–H groups in total. The van der Waals surface area contributed by atoms with Crippen LogP contribution in [0, 0.1) is 0 Å². The summed E-state index contributed by atoms with van der Waals surface area (Å²) in [7, 11) is 3.15. The van der Waals surface area contributed by atoms with Crippen molar-refractivity contribution in [2.75, 3.05) is 27.3 Å². The Labute approximate surface area is 218 Å². The van der Waals surface area contributed by atoms with E-state index in [4.69, 9.17) is 18.9 Å². The predicted octanol–water partition coefficient (Wildman–Crippen LogP) is 5.95. The fourth-order valence-electron chi connectivity index (χ4n) is 3.60. The molecule has 0 atom stereocenters. The van der Waals surface area contributed by atoms with Crippen molar-refractivity contribution in [2.45, 2.75) is 39.4 Å². The lowest BCUT2D eigenvalue weighted by Crippen LogP contribution is -2.41. The molecule has 0 bridgehead atoms. The van der Waals surface area contributed by atoms with E-state index in [-0.39, 0.29) is 12.3 Å². The Balaban J connectivity index is 1.67. The van der Waals surface area contributed by atoms with Gasteiger partial charge >= 0.3 is 6.09 Å². The lowest BCUT2D eigenvalue weighted by Gasteiger charge is -2.27. The maximum atomic E-state index is 13.1. The van der Waals surface area contributed by atoms with Gasteiger partial charge in [-0.05, 0) is 74.7 Å². The Morgan fingerprint density at radius 1 is 0.811 bits per heavy atom. The Kier molecular flexibility index (Phi) is 9.55. The molecule has 0 aliphatic carbocycles. The fourth-order valence-corrected chi connectivity index (χ4v) is 3.60. The van der Waals surface area contributed by atoms with Gasteiger partial charge in [0.25, 0.3) is 0 Å². The first kappa shape index (κ1) is 27.6. The molecule has 3 aromatic rings. The third kappa shape index (κ3) is 8.56. The van der Waals surface area contributed by atoms with Gasteiger partial charge in [-0.2, -0.15) is 0 Å². The van der Waals surface area contributed by atoms with E-state index in [1.807, 2.05) is 48.5 Å². The van der Waals surface area contributed by atoms with Gasteiger partial charge in [0.2, 0.25) is 0 Å². The van der Waals surface area contributed by atoms with Crippen LogP contribution in [0.25, 0.3) is 0 Å². The second-order valence-corrected chi connectivity index (χ2v) is 9.56. The highest BCUT2D eigenvalue weighted by Gasteiger charge is 2.24. The molecule has 7 nitrogen and oxygen atoms in total. The maximum Gasteiger partial charge on any atom is 0.410 e. The second-order valence-electron chi connectivity index (χ2n) is 9.56. The molecule has 0 unspecified atom stereocenters. The molecular formula is C30H35NO6. The van der Waals surface area contributed by atoms with Crippen LogP contribution < -0.4 is 14.2 Å². The zero-order chi connectivity index (χ0) is 26.8. The normalized spacial score (nSPS) is 10.9. The van der Waals surface area contributed by atoms with Crippen LogP contribution in [0.15, 0.2) is 72.8 Å². The SMILES string of the molecule is COc1ccc(CCN(CC(=O)c2ccc(OCc3ccccc3)cc2)C(=O)OC(C)(C)C)cc1OC. The molecule has 0 aromatic heterocycles. The summed E-state index contributed by atoms with van der Waals surface area (Å²) in [4.78, 5) is 27.5. The molecule has 0 saturated heterocycles. The molecule has 7 heteroatoms. The van der Waals surface area contributed by atoms with Crippen molar-refractivity contribution in [2.24, 2.45) is 0 Å². The highest BCUT2D eigenvalue weighted by Crippen LogP contribution is 2.28. The van der Waals surface area contributed by atoms with Gasteiger partial charge in [-0.15, -0.1) is 0 Å². The zero-order valence-corrected chi connectivity index (χ0v) is 22.2. The Morgan fingerprint density at radius 3 is 2.11 bits per heavy atom. The maximum absolute atomic E-state index is 13.1. The average Bonchev–Trinajstić information content (AvgIpc) is 2.89. The van der Waals surface area contributed by atoms with Gasteiger partial charge in [-0.25, -0.2) is 4.79 Å². The van der Waals surface area contributed by atoms with Crippen molar-refractivity contribution in [3.05, 3.63) is 89.5 Å². The minimum absolute atomic E-state index is 0.105. The van der Waals surface area contributed by atoms with Crippen LogP contribution >= 0.6 is 0 Å². The van der Waals surface area contributed by atoms with E-state index < -0.39 is 11.7 Å². The van der Waals surface area contributed by atoms with Crippen molar-refractivity contribution >= 4 is 11.9 Å². The van der Waals surface area contributed by atoms with Gasteiger partial charge in [0.05, 0.1) is 20.8 Å². The summed E-state index contributed by atoms with van der Waals surface area (Å²) in [6.07, 6.45) is -0.0248. The van der Waals surface area contributed by atoms with Crippen LogP contribution in [0.4, 0.5) is 4.79 Å². The molecular weight excluding hydrogens is 470 g/mol. The van der Waals surface area contributed by atoms with Crippen molar-refractivity contribution in [3.8, 4) is 17.2 Å². The first-order chi connectivity index (χ1) is 17.7. The number of ether oxygens (including phenoxy) is 4. The number of Topliss-reactive ketones (excluding diaryl/α,β-unsaturated/α-hetero) is 1. The largest absolute Gasteiger partial charge is 0.493 e. The third-order valence-electron chi connectivity index (χ3n) is 5.53. The average molecular weight is 506 g/mol. The number of carbonyl (C=O) groups excluding carboxylic acids is 2. The number of rotatable bonds is 11. The van der Waals surface area contributed by atoms with Crippen LogP contribution in [-0.2, 0) is 17.8 Å². The number of hydrogen-bond donors (Lipinski definition) is 0. The summed E-state index contributed by atoms with van der Waals surface area (Å²) in [5.41, 5.74) is 1.81. The molecule has 1 amide bonds. The summed E-state index contributed by atoms with van der Waals surface area (Å²) in [5, 5.41) is 0. The molecule has 0 aliphatic rings. The molecule has 0 radical (unpaired) electrons. The first-order valence-electron chi connectivity index (χ1n) is 12.2. The van der Waals surface area contributed by atoms with Crippen LogP contribution in [0.3, 0.4) is 0 Å². The summed E-state index contributed by atoms with van der Waals surface area (Å²) >= 11 is 0. The number of methoxy groups -OCH3 is 2. The van der Waals surface area contributed by atoms with Crippen molar-refractivity contribution in [1.29, 1.82) is 0 Å². The molecule has 0 spiro atoms. The summed E-state index contributed by atoms with van der Waals surface area (Å²) < 4.78 is 22.0. The van der Waals surface area contributed by atoms with E-state index in [0.717, 1.165) is 11.1 Å². The smallest absolute Gasteiger partial charge is 0.410 e. The van der Waals surface area contributed by atoms with Gasteiger partial charge in [0.15, 0.2) is 17.3 Å². The van der Waals surface area contributed by atoms with Crippen LogP contribution in [-0.4, -0.2) is 49.7 Å². The Bertz CT molecular complexity index is 1170. The molecule has 0 aliphatic heterocycles. The lowest BCUT2D eigenvalue weighted by molar-refractivity contribution is 0.0249. The molecule has 196 valence electrons. The van der Waals surface area contributed by atoms with E-state index in [9.17, 15) is 9.59 Å². The van der Waals surface area contributed by atoms with E-state index in [1.54, 1.807) is 59.3 Å². The van der Waals surface area contributed by atoms with Crippen molar-refractivity contribution in [3.63, 3.8) is 0 Å². The minimum atomic E-state index is -0.681. The molecule has 0 fully saturated rings. The van der Waals surface area contributed by atoms with Crippen LogP contribution in [0.5, 0.6) is 17.2 Å².